The average molecular weight is 270 g/mol. The van der Waals surface area contributed by atoms with E-state index in [9.17, 15) is 4.79 Å². The Morgan fingerprint density at radius 2 is 1.83 bits per heavy atom. The van der Waals surface area contributed by atoms with Crippen molar-refractivity contribution in [1.29, 1.82) is 0 Å². The number of hydrogen-bond acceptors (Lipinski definition) is 2. The molecule has 4 nitrogen and oxygen atoms in total. The van der Waals surface area contributed by atoms with Crippen LogP contribution in [0.4, 0.5) is 10.5 Å². The van der Waals surface area contributed by atoms with Crippen molar-refractivity contribution in [2.24, 2.45) is 0 Å². The van der Waals surface area contributed by atoms with Gasteiger partial charge in [0.2, 0.25) is 0 Å². The minimum Gasteiger partial charge on any atom is -0.337 e. The van der Waals surface area contributed by atoms with Crippen molar-refractivity contribution >= 4 is 23.3 Å². The van der Waals surface area contributed by atoms with Crippen molar-refractivity contribution in [3.05, 3.63) is 29.3 Å². The molecule has 0 saturated carbocycles. The molecule has 0 spiro atoms. The first-order valence-corrected chi connectivity index (χ1v) is 6.56. The number of carbonyl (C=O) groups excluding carboxylic acids is 1. The number of hydrogen-bond donors (Lipinski definition) is 2. The summed E-state index contributed by atoms with van der Waals surface area (Å²) >= 11 is 5.76. The van der Waals surface area contributed by atoms with Gasteiger partial charge in [-0.25, -0.2) is 4.79 Å². The summed E-state index contributed by atoms with van der Waals surface area (Å²) < 4.78 is 0. The summed E-state index contributed by atoms with van der Waals surface area (Å²) in [4.78, 5) is 13.8. The van der Waals surface area contributed by atoms with Crippen LogP contribution < -0.4 is 10.6 Å². The van der Waals surface area contributed by atoms with Crippen LogP contribution in [0.25, 0.3) is 0 Å². The van der Waals surface area contributed by atoms with Gasteiger partial charge in [-0.2, -0.15) is 0 Å². The van der Waals surface area contributed by atoms with E-state index in [1.165, 1.54) is 0 Å². The van der Waals surface area contributed by atoms with E-state index in [0.29, 0.717) is 11.6 Å². The second-order valence-electron chi connectivity index (χ2n) is 3.91. The summed E-state index contributed by atoms with van der Waals surface area (Å²) in [5.41, 5.74) is 0.736. The Labute approximate surface area is 113 Å². The normalized spacial score (nSPS) is 10.4. The molecule has 0 bridgehead atoms. The standard InChI is InChI=1S/C13H20ClN3O/c1-3-17(4-2)10-9-15-13(18)16-12-7-5-11(14)6-8-12/h5-8H,3-4,9-10H2,1-2H3,(H2,15,16,18). The number of benzene rings is 1. The molecule has 18 heavy (non-hydrogen) atoms. The van der Waals surface area contributed by atoms with Gasteiger partial charge in [0.25, 0.3) is 0 Å². The number of urea groups is 1. The van der Waals surface area contributed by atoms with Crippen LogP contribution in [0, 0.1) is 0 Å². The molecule has 2 amide bonds. The number of amides is 2. The predicted molar refractivity (Wildman–Crippen MR) is 76.3 cm³/mol. The van der Waals surface area contributed by atoms with Crippen LogP contribution >= 0.6 is 11.6 Å². The van der Waals surface area contributed by atoms with Gasteiger partial charge in [0.1, 0.15) is 0 Å². The Morgan fingerprint density at radius 1 is 1.22 bits per heavy atom. The van der Waals surface area contributed by atoms with E-state index >= 15 is 0 Å². The molecule has 1 rings (SSSR count). The molecule has 1 aromatic carbocycles. The Kier molecular flexibility index (Phi) is 6.54. The predicted octanol–water partition coefficient (Wildman–Crippen LogP) is 2.80. The molecule has 0 radical (unpaired) electrons. The maximum atomic E-state index is 11.6. The molecule has 5 heteroatoms. The first-order valence-electron chi connectivity index (χ1n) is 6.18. The highest BCUT2D eigenvalue weighted by molar-refractivity contribution is 6.30. The lowest BCUT2D eigenvalue weighted by Gasteiger charge is -2.18. The van der Waals surface area contributed by atoms with E-state index in [1.807, 2.05) is 0 Å². The van der Waals surface area contributed by atoms with Crippen LogP contribution in [0.1, 0.15) is 13.8 Å². The highest BCUT2D eigenvalue weighted by atomic mass is 35.5. The second kappa shape index (κ2) is 7.95. The third-order valence-electron chi connectivity index (χ3n) is 2.71. The second-order valence-corrected chi connectivity index (χ2v) is 4.35. The number of anilines is 1. The third-order valence-corrected chi connectivity index (χ3v) is 2.96. The minimum absolute atomic E-state index is 0.190. The maximum Gasteiger partial charge on any atom is 0.319 e. The van der Waals surface area contributed by atoms with Crippen LogP contribution in [-0.2, 0) is 0 Å². The zero-order valence-corrected chi connectivity index (χ0v) is 11.6. The number of carbonyl (C=O) groups is 1. The number of halogens is 1. The Hall–Kier alpha value is -1.26. The van der Waals surface area contributed by atoms with Crippen LogP contribution in [0.2, 0.25) is 5.02 Å². The summed E-state index contributed by atoms with van der Waals surface area (Å²) in [7, 11) is 0. The zero-order valence-electron chi connectivity index (χ0n) is 10.9. The van der Waals surface area contributed by atoms with E-state index < -0.39 is 0 Å². The van der Waals surface area contributed by atoms with Crippen LogP contribution in [0.3, 0.4) is 0 Å². The summed E-state index contributed by atoms with van der Waals surface area (Å²) in [5.74, 6) is 0. The lowest BCUT2D eigenvalue weighted by Crippen LogP contribution is -2.36. The highest BCUT2D eigenvalue weighted by Crippen LogP contribution is 2.12. The summed E-state index contributed by atoms with van der Waals surface area (Å²) in [6, 6.07) is 6.84. The molecule has 0 aliphatic carbocycles. The van der Waals surface area contributed by atoms with Crippen molar-refractivity contribution < 1.29 is 4.79 Å². The molecule has 2 N–H and O–H groups in total. The van der Waals surface area contributed by atoms with E-state index in [1.54, 1.807) is 24.3 Å². The first-order chi connectivity index (χ1) is 8.65. The van der Waals surface area contributed by atoms with Gasteiger partial charge in [0, 0.05) is 23.8 Å². The molecular formula is C13H20ClN3O. The summed E-state index contributed by atoms with van der Waals surface area (Å²) in [6.07, 6.45) is 0. The molecule has 0 heterocycles. The van der Waals surface area contributed by atoms with Gasteiger partial charge >= 0.3 is 6.03 Å². The van der Waals surface area contributed by atoms with Crippen LogP contribution in [-0.4, -0.2) is 37.1 Å². The van der Waals surface area contributed by atoms with E-state index in [2.05, 4.69) is 29.4 Å². The van der Waals surface area contributed by atoms with Gasteiger partial charge in [-0.05, 0) is 37.4 Å². The van der Waals surface area contributed by atoms with Crippen molar-refractivity contribution in [2.45, 2.75) is 13.8 Å². The molecule has 0 aliphatic heterocycles. The molecule has 100 valence electrons. The fourth-order valence-electron chi connectivity index (χ4n) is 1.58. The molecule has 0 aliphatic rings. The summed E-state index contributed by atoms with van der Waals surface area (Å²) in [6.45, 7) is 7.71. The highest BCUT2D eigenvalue weighted by Gasteiger charge is 2.02. The van der Waals surface area contributed by atoms with E-state index in [4.69, 9.17) is 11.6 Å². The Bertz CT molecular complexity index is 363. The molecule has 1 aromatic rings. The van der Waals surface area contributed by atoms with Gasteiger partial charge in [0.05, 0.1) is 0 Å². The Morgan fingerprint density at radius 3 is 2.39 bits per heavy atom. The van der Waals surface area contributed by atoms with Gasteiger partial charge < -0.3 is 15.5 Å². The van der Waals surface area contributed by atoms with Gasteiger partial charge in [-0.1, -0.05) is 25.4 Å². The number of likely N-dealkylation sites (N-methyl/N-ethyl adjacent to an activating group) is 1. The van der Waals surface area contributed by atoms with E-state index in [0.717, 1.165) is 25.3 Å². The van der Waals surface area contributed by atoms with Crippen molar-refractivity contribution in [1.82, 2.24) is 10.2 Å². The van der Waals surface area contributed by atoms with Crippen molar-refractivity contribution in [3.8, 4) is 0 Å². The molecule has 0 aromatic heterocycles. The van der Waals surface area contributed by atoms with E-state index in [-0.39, 0.29) is 6.03 Å². The average Bonchev–Trinajstić information content (AvgIpc) is 2.37. The smallest absolute Gasteiger partial charge is 0.319 e. The Balaban J connectivity index is 2.27. The minimum atomic E-state index is -0.190. The fourth-order valence-corrected chi connectivity index (χ4v) is 1.70. The largest absolute Gasteiger partial charge is 0.337 e. The molecule has 0 fully saturated rings. The fraction of sp³-hybridized carbons (Fsp3) is 0.462. The topological polar surface area (TPSA) is 44.4 Å². The lowest BCUT2D eigenvalue weighted by atomic mass is 10.3. The van der Waals surface area contributed by atoms with Gasteiger partial charge in [-0.15, -0.1) is 0 Å². The molecule has 0 atom stereocenters. The van der Waals surface area contributed by atoms with Crippen LogP contribution in [0.15, 0.2) is 24.3 Å². The number of nitrogens with one attached hydrogen (secondary N) is 2. The SMILES string of the molecule is CCN(CC)CCNC(=O)Nc1ccc(Cl)cc1. The monoisotopic (exact) mass is 269 g/mol. The number of nitrogens with zero attached hydrogens (tertiary/aromatic N) is 1. The molecule has 0 saturated heterocycles. The zero-order chi connectivity index (χ0) is 13.4. The lowest BCUT2D eigenvalue weighted by molar-refractivity contribution is 0.248. The van der Waals surface area contributed by atoms with Gasteiger partial charge in [0.15, 0.2) is 0 Å². The molecular weight excluding hydrogens is 250 g/mol. The maximum absolute atomic E-state index is 11.6. The third kappa shape index (κ3) is 5.38. The summed E-state index contributed by atoms with van der Waals surface area (Å²) in [5, 5.41) is 6.23. The number of rotatable bonds is 6. The van der Waals surface area contributed by atoms with Crippen molar-refractivity contribution in [3.63, 3.8) is 0 Å². The van der Waals surface area contributed by atoms with Crippen molar-refractivity contribution in [2.75, 3.05) is 31.5 Å². The first kappa shape index (κ1) is 14.8. The van der Waals surface area contributed by atoms with Crippen LogP contribution in [0.5, 0.6) is 0 Å². The molecule has 0 unspecified atom stereocenters. The quantitative estimate of drug-likeness (QED) is 0.834. The van der Waals surface area contributed by atoms with Gasteiger partial charge in [-0.3, -0.25) is 0 Å².